The van der Waals surface area contributed by atoms with E-state index in [0.29, 0.717) is 40.0 Å². The number of nitrogens with zero attached hydrogens (tertiary/aromatic N) is 1. The van der Waals surface area contributed by atoms with Gasteiger partial charge < -0.3 is 29.6 Å². The molecule has 3 N–H and O–H groups in total. The molecule has 0 aliphatic carbocycles. The number of carbonyl (C=O) groups is 3. The minimum atomic E-state index is -0.778. The molecule has 1 heterocycles. The van der Waals surface area contributed by atoms with Gasteiger partial charge in [0.15, 0.2) is 18.1 Å². The van der Waals surface area contributed by atoms with Crippen LogP contribution in [0.2, 0.25) is 5.02 Å². The topological polar surface area (TPSA) is 137 Å². The number of halogens is 2. The second-order valence-corrected chi connectivity index (χ2v) is 10.5. The Morgan fingerprint density at radius 1 is 1.02 bits per heavy atom. The SMILES string of the molecule is COC(=O)C1=C(C)NC(=O)N[C@H]1c1ccc(OCC(=O)N/N=C\c2cc(Br)ccc2OCc2ccc(Cl)cc2)c(OC)c1. The first-order chi connectivity index (χ1) is 20.7. The zero-order chi connectivity index (χ0) is 30.9. The van der Waals surface area contributed by atoms with Gasteiger partial charge in [-0.05, 0) is 60.5 Å². The normalized spacial score (nSPS) is 14.5. The third kappa shape index (κ3) is 8.27. The van der Waals surface area contributed by atoms with E-state index in [1.54, 1.807) is 43.3 Å². The molecule has 4 rings (SSSR count). The summed E-state index contributed by atoms with van der Waals surface area (Å²) in [7, 11) is 2.70. The van der Waals surface area contributed by atoms with Crippen LogP contribution >= 0.6 is 27.5 Å². The number of benzene rings is 3. The minimum absolute atomic E-state index is 0.249. The third-order valence-electron chi connectivity index (χ3n) is 6.23. The van der Waals surface area contributed by atoms with Gasteiger partial charge in [0.1, 0.15) is 12.4 Å². The van der Waals surface area contributed by atoms with Crippen molar-refractivity contribution in [3.8, 4) is 17.2 Å². The van der Waals surface area contributed by atoms with E-state index in [2.05, 4.69) is 37.1 Å². The molecule has 0 aromatic heterocycles. The van der Waals surface area contributed by atoms with Gasteiger partial charge in [-0.2, -0.15) is 5.10 Å². The molecule has 11 nitrogen and oxygen atoms in total. The van der Waals surface area contributed by atoms with Gasteiger partial charge in [-0.1, -0.05) is 45.7 Å². The van der Waals surface area contributed by atoms with Crippen molar-refractivity contribution in [2.45, 2.75) is 19.6 Å². The smallest absolute Gasteiger partial charge is 0.337 e. The van der Waals surface area contributed by atoms with E-state index < -0.39 is 23.9 Å². The summed E-state index contributed by atoms with van der Waals surface area (Å²) in [5, 5.41) is 9.96. The molecule has 1 atom stereocenters. The Hall–Kier alpha value is -4.55. The standard InChI is InChI=1S/C30H28BrClN4O7/c1-17-27(29(38)41-3)28(35-30(39)34-17)19-6-10-24(25(13-19)40-2)43-16-26(37)36-33-14-20-12-21(31)7-11-23(20)42-15-18-4-8-22(32)9-5-18/h4-14,28H,15-16H2,1-3H3,(H,36,37)(H2,34,35,39)/b33-14-/t28-/m0/s1. The van der Waals surface area contributed by atoms with E-state index in [0.717, 1.165) is 10.0 Å². The molecule has 224 valence electrons. The van der Waals surface area contributed by atoms with Crippen molar-refractivity contribution < 1.29 is 33.3 Å². The van der Waals surface area contributed by atoms with Crippen molar-refractivity contribution in [3.63, 3.8) is 0 Å². The van der Waals surface area contributed by atoms with E-state index in [-0.39, 0.29) is 17.9 Å². The molecule has 1 aliphatic rings. The summed E-state index contributed by atoms with van der Waals surface area (Å²) in [5.41, 5.74) is 5.19. The van der Waals surface area contributed by atoms with E-state index in [1.807, 2.05) is 24.3 Å². The fraction of sp³-hybridized carbons (Fsp3) is 0.200. The molecular weight excluding hydrogens is 644 g/mol. The molecule has 0 unspecified atom stereocenters. The molecule has 3 aromatic rings. The average molecular weight is 672 g/mol. The second kappa shape index (κ2) is 14.6. The number of allylic oxidation sites excluding steroid dienone is 1. The molecule has 3 aromatic carbocycles. The Balaban J connectivity index is 1.38. The highest BCUT2D eigenvalue weighted by molar-refractivity contribution is 9.10. The summed E-state index contributed by atoms with van der Waals surface area (Å²) in [6.07, 6.45) is 1.47. The predicted octanol–water partition coefficient (Wildman–Crippen LogP) is 5.02. The van der Waals surface area contributed by atoms with Crippen molar-refractivity contribution in [1.29, 1.82) is 0 Å². The lowest BCUT2D eigenvalue weighted by molar-refractivity contribution is -0.136. The van der Waals surface area contributed by atoms with Crippen LogP contribution in [0.4, 0.5) is 4.79 Å². The molecule has 43 heavy (non-hydrogen) atoms. The summed E-state index contributed by atoms with van der Waals surface area (Å²) < 4.78 is 22.7. The number of ether oxygens (including phenoxy) is 4. The Morgan fingerprint density at radius 2 is 1.77 bits per heavy atom. The number of carbonyl (C=O) groups excluding carboxylic acids is 3. The fourth-order valence-electron chi connectivity index (χ4n) is 4.15. The number of hydrazone groups is 1. The van der Waals surface area contributed by atoms with Crippen LogP contribution in [0.1, 0.15) is 29.7 Å². The van der Waals surface area contributed by atoms with Gasteiger partial charge in [-0.15, -0.1) is 0 Å². The molecule has 0 fully saturated rings. The lowest BCUT2D eigenvalue weighted by Crippen LogP contribution is -2.45. The molecule has 0 saturated heterocycles. The maximum absolute atomic E-state index is 12.5. The summed E-state index contributed by atoms with van der Waals surface area (Å²) in [6.45, 7) is 1.58. The van der Waals surface area contributed by atoms with Gasteiger partial charge in [-0.25, -0.2) is 15.0 Å². The van der Waals surface area contributed by atoms with Gasteiger partial charge in [-0.3, -0.25) is 4.79 Å². The maximum atomic E-state index is 12.5. The Morgan fingerprint density at radius 3 is 2.49 bits per heavy atom. The van der Waals surface area contributed by atoms with Gasteiger partial charge in [0.2, 0.25) is 0 Å². The van der Waals surface area contributed by atoms with Crippen molar-refractivity contribution in [1.82, 2.24) is 16.1 Å². The van der Waals surface area contributed by atoms with Crippen LogP contribution in [0.25, 0.3) is 0 Å². The molecular formula is C30H28BrClN4O7. The Bertz CT molecular complexity index is 1580. The summed E-state index contributed by atoms with van der Waals surface area (Å²) in [6, 6.07) is 16.4. The number of urea groups is 1. The lowest BCUT2D eigenvalue weighted by atomic mass is 9.95. The zero-order valence-corrected chi connectivity index (χ0v) is 25.7. The molecule has 13 heteroatoms. The second-order valence-electron chi connectivity index (χ2n) is 9.15. The lowest BCUT2D eigenvalue weighted by Gasteiger charge is -2.28. The summed E-state index contributed by atoms with van der Waals surface area (Å²) >= 11 is 9.38. The molecule has 3 amide bonds. The third-order valence-corrected chi connectivity index (χ3v) is 6.97. The van der Waals surface area contributed by atoms with Gasteiger partial charge in [0, 0.05) is 20.8 Å². The van der Waals surface area contributed by atoms with E-state index in [9.17, 15) is 14.4 Å². The number of esters is 1. The van der Waals surface area contributed by atoms with E-state index in [1.165, 1.54) is 20.4 Å². The van der Waals surface area contributed by atoms with Crippen LogP contribution < -0.4 is 30.3 Å². The molecule has 0 spiro atoms. The van der Waals surface area contributed by atoms with Crippen LogP contribution in [-0.4, -0.2) is 44.9 Å². The quantitative estimate of drug-likeness (QED) is 0.148. The van der Waals surface area contributed by atoms with Crippen LogP contribution in [0.3, 0.4) is 0 Å². The maximum Gasteiger partial charge on any atom is 0.337 e. The van der Waals surface area contributed by atoms with Crippen molar-refractivity contribution in [2.75, 3.05) is 20.8 Å². The predicted molar refractivity (Wildman–Crippen MR) is 163 cm³/mol. The largest absolute Gasteiger partial charge is 0.493 e. The molecule has 0 saturated carbocycles. The van der Waals surface area contributed by atoms with Gasteiger partial charge in [0.05, 0.1) is 32.0 Å². The molecule has 1 aliphatic heterocycles. The van der Waals surface area contributed by atoms with Gasteiger partial charge in [0.25, 0.3) is 5.91 Å². The number of hydrogen-bond acceptors (Lipinski definition) is 8. The highest BCUT2D eigenvalue weighted by Crippen LogP contribution is 2.34. The number of amides is 3. The first-order valence-corrected chi connectivity index (χ1v) is 14.0. The van der Waals surface area contributed by atoms with Crippen LogP contribution in [0.15, 0.2) is 81.5 Å². The molecule has 0 bridgehead atoms. The van der Waals surface area contributed by atoms with Crippen molar-refractivity contribution in [2.24, 2.45) is 5.10 Å². The number of nitrogens with one attached hydrogen (secondary N) is 3. The van der Waals surface area contributed by atoms with E-state index in [4.69, 9.17) is 30.5 Å². The monoisotopic (exact) mass is 670 g/mol. The van der Waals surface area contributed by atoms with Crippen LogP contribution in [0, 0.1) is 0 Å². The van der Waals surface area contributed by atoms with Crippen molar-refractivity contribution >= 4 is 51.7 Å². The van der Waals surface area contributed by atoms with Crippen molar-refractivity contribution in [3.05, 3.63) is 98.1 Å². The zero-order valence-electron chi connectivity index (χ0n) is 23.4. The number of rotatable bonds is 11. The summed E-state index contributed by atoms with van der Waals surface area (Å²) in [4.78, 5) is 37.0. The molecule has 0 radical (unpaired) electrons. The average Bonchev–Trinajstić information content (AvgIpc) is 2.99. The fourth-order valence-corrected chi connectivity index (χ4v) is 4.65. The first kappa shape index (κ1) is 31.4. The highest BCUT2D eigenvalue weighted by Gasteiger charge is 2.32. The number of hydrogen-bond donors (Lipinski definition) is 3. The van der Waals surface area contributed by atoms with Crippen LogP contribution in [0.5, 0.6) is 17.2 Å². The van der Waals surface area contributed by atoms with Crippen LogP contribution in [-0.2, 0) is 20.9 Å². The van der Waals surface area contributed by atoms with E-state index >= 15 is 0 Å². The van der Waals surface area contributed by atoms with Gasteiger partial charge >= 0.3 is 12.0 Å². The minimum Gasteiger partial charge on any atom is -0.493 e. The number of methoxy groups -OCH3 is 2. The Labute approximate surface area is 261 Å². The summed E-state index contributed by atoms with van der Waals surface area (Å²) in [5.74, 6) is 0.0336. The Kier molecular flexibility index (Phi) is 10.6. The first-order valence-electron chi connectivity index (χ1n) is 12.8. The highest BCUT2D eigenvalue weighted by atomic mass is 79.9.